The van der Waals surface area contributed by atoms with Crippen molar-refractivity contribution in [2.24, 2.45) is 0 Å². The molecule has 66 valence electrons. The minimum absolute atomic E-state index is 1.03. The lowest BCUT2D eigenvalue weighted by molar-refractivity contribution is 0.708. The fraction of sp³-hybridized carbons (Fsp3) is 0.455. The van der Waals surface area contributed by atoms with Gasteiger partial charge >= 0.3 is 0 Å². The van der Waals surface area contributed by atoms with Crippen LogP contribution in [0.15, 0.2) is 36.0 Å². The molecule has 0 aromatic carbocycles. The lowest BCUT2D eigenvalue weighted by Gasteiger charge is -2.04. The number of hydrogen-bond donors (Lipinski definition) is 1. The van der Waals surface area contributed by atoms with E-state index in [1.165, 1.54) is 12.0 Å². The van der Waals surface area contributed by atoms with E-state index >= 15 is 0 Å². The quantitative estimate of drug-likeness (QED) is 0.628. The highest BCUT2D eigenvalue weighted by molar-refractivity contribution is 5.23. The third-order valence-electron chi connectivity index (χ3n) is 1.85. The molecule has 1 rings (SSSR count). The fourth-order valence-corrected chi connectivity index (χ4v) is 1.18. The smallest absolute Gasteiger partial charge is 0.0170 e. The minimum Gasteiger partial charge on any atom is -0.313 e. The standard InChI is InChI=1S/C11H17N/c1-2-9-12-10-11-7-5-3-4-6-8-11/h3-7,12H,2,8-10H2,1H3. The molecule has 0 amide bonds. The van der Waals surface area contributed by atoms with Crippen molar-refractivity contribution in [2.45, 2.75) is 19.8 Å². The second-order valence-corrected chi connectivity index (χ2v) is 3.02. The first kappa shape index (κ1) is 9.27. The lowest BCUT2D eigenvalue weighted by Crippen LogP contribution is -2.17. The molecule has 0 radical (unpaired) electrons. The Morgan fingerprint density at radius 3 is 3.08 bits per heavy atom. The average Bonchev–Trinajstić information content (AvgIpc) is 2.33. The summed E-state index contributed by atoms with van der Waals surface area (Å²) in [5.41, 5.74) is 1.47. The molecule has 0 bridgehead atoms. The Balaban J connectivity index is 2.26. The minimum atomic E-state index is 1.03. The Morgan fingerprint density at radius 2 is 2.25 bits per heavy atom. The van der Waals surface area contributed by atoms with Gasteiger partial charge in [0.2, 0.25) is 0 Å². The second kappa shape index (κ2) is 5.78. The Morgan fingerprint density at radius 1 is 1.33 bits per heavy atom. The van der Waals surface area contributed by atoms with Crippen LogP contribution >= 0.6 is 0 Å². The maximum absolute atomic E-state index is 3.40. The average molecular weight is 163 g/mol. The van der Waals surface area contributed by atoms with Crippen molar-refractivity contribution in [3.8, 4) is 0 Å². The Hall–Kier alpha value is -0.820. The Kier molecular flexibility index (Phi) is 4.47. The highest BCUT2D eigenvalue weighted by Crippen LogP contribution is 2.05. The van der Waals surface area contributed by atoms with Gasteiger partial charge in [0.05, 0.1) is 0 Å². The van der Waals surface area contributed by atoms with Crippen LogP contribution in [0.1, 0.15) is 19.8 Å². The first-order valence-corrected chi connectivity index (χ1v) is 4.65. The van der Waals surface area contributed by atoms with Gasteiger partial charge in [-0.15, -0.1) is 0 Å². The zero-order valence-electron chi connectivity index (χ0n) is 7.72. The highest BCUT2D eigenvalue weighted by Gasteiger charge is 1.94. The molecule has 0 atom stereocenters. The maximum atomic E-state index is 3.40. The van der Waals surface area contributed by atoms with Crippen molar-refractivity contribution in [2.75, 3.05) is 13.1 Å². The van der Waals surface area contributed by atoms with E-state index in [9.17, 15) is 0 Å². The summed E-state index contributed by atoms with van der Waals surface area (Å²) in [6.07, 6.45) is 13.0. The van der Waals surface area contributed by atoms with E-state index in [1.807, 2.05) is 0 Å². The zero-order chi connectivity index (χ0) is 8.65. The van der Waals surface area contributed by atoms with E-state index in [0.29, 0.717) is 0 Å². The summed E-state index contributed by atoms with van der Waals surface area (Å²) in [6, 6.07) is 0. The lowest BCUT2D eigenvalue weighted by atomic mass is 10.2. The molecule has 0 fully saturated rings. The molecule has 1 nitrogen and oxygen atoms in total. The predicted octanol–water partition coefficient (Wildman–Crippen LogP) is 2.43. The van der Waals surface area contributed by atoms with Crippen LogP contribution in [0.5, 0.6) is 0 Å². The molecule has 0 heterocycles. The van der Waals surface area contributed by atoms with E-state index in [0.717, 1.165) is 19.5 Å². The highest BCUT2D eigenvalue weighted by atomic mass is 14.8. The summed E-state index contributed by atoms with van der Waals surface area (Å²) in [7, 11) is 0. The molecule has 0 aromatic rings. The van der Waals surface area contributed by atoms with Crippen LogP contribution in [0.3, 0.4) is 0 Å². The van der Waals surface area contributed by atoms with E-state index < -0.39 is 0 Å². The van der Waals surface area contributed by atoms with Crippen LogP contribution in [0.4, 0.5) is 0 Å². The number of nitrogens with one attached hydrogen (secondary N) is 1. The SMILES string of the molecule is CCCNCC1=CC=CC=CC1. The van der Waals surface area contributed by atoms with Gasteiger partial charge in [0.1, 0.15) is 0 Å². The fourth-order valence-electron chi connectivity index (χ4n) is 1.18. The number of rotatable bonds is 4. The second-order valence-electron chi connectivity index (χ2n) is 3.02. The van der Waals surface area contributed by atoms with Gasteiger partial charge < -0.3 is 5.32 Å². The van der Waals surface area contributed by atoms with Gasteiger partial charge in [-0.1, -0.05) is 42.9 Å². The van der Waals surface area contributed by atoms with Gasteiger partial charge in [-0.2, -0.15) is 0 Å². The largest absolute Gasteiger partial charge is 0.313 e. The Bertz CT molecular complexity index is 199. The molecular formula is C11H17N. The van der Waals surface area contributed by atoms with E-state index in [2.05, 4.69) is 42.6 Å². The van der Waals surface area contributed by atoms with E-state index in [1.54, 1.807) is 0 Å². The molecule has 12 heavy (non-hydrogen) atoms. The van der Waals surface area contributed by atoms with Gasteiger partial charge in [-0.05, 0) is 19.4 Å². The number of allylic oxidation sites excluding steroid dienone is 5. The predicted molar refractivity (Wildman–Crippen MR) is 54.1 cm³/mol. The van der Waals surface area contributed by atoms with Crippen LogP contribution in [0, 0.1) is 0 Å². The molecule has 0 spiro atoms. The van der Waals surface area contributed by atoms with Crippen molar-refractivity contribution >= 4 is 0 Å². The molecule has 0 aliphatic heterocycles. The molecule has 1 aliphatic rings. The summed E-state index contributed by atoms with van der Waals surface area (Å²) in [5.74, 6) is 0. The van der Waals surface area contributed by atoms with Crippen molar-refractivity contribution in [1.29, 1.82) is 0 Å². The molecule has 0 saturated heterocycles. The van der Waals surface area contributed by atoms with Crippen molar-refractivity contribution in [1.82, 2.24) is 5.32 Å². The first-order valence-electron chi connectivity index (χ1n) is 4.65. The molecule has 0 unspecified atom stereocenters. The topological polar surface area (TPSA) is 12.0 Å². The summed E-state index contributed by atoms with van der Waals surface area (Å²) < 4.78 is 0. The molecule has 1 aliphatic carbocycles. The van der Waals surface area contributed by atoms with E-state index in [4.69, 9.17) is 0 Å². The van der Waals surface area contributed by atoms with Gasteiger partial charge in [0.15, 0.2) is 0 Å². The third kappa shape index (κ3) is 3.54. The van der Waals surface area contributed by atoms with Gasteiger partial charge in [0.25, 0.3) is 0 Å². The van der Waals surface area contributed by atoms with E-state index in [-0.39, 0.29) is 0 Å². The Labute approximate surface area is 74.9 Å². The summed E-state index contributed by atoms with van der Waals surface area (Å²) in [5, 5.41) is 3.40. The van der Waals surface area contributed by atoms with Gasteiger partial charge in [0, 0.05) is 6.54 Å². The summed E-state index contributed by atoms with van der Waals surface area (Å²) in [6.45, 7) is 4.33. The molecule has 0 aromatic heterocycles. The molecule has 1 N–H and O–H groups in total. The third-order valence-corrected chi connectivity index (χ3v) is 1.85. The normalized spacial score (nSPS) is 15.9. The molecular weight excluding hydrogens is 146 g/mol. The number of hydrogen-bond acceptors (Lipinski definition) is 1. The summed E-state index contributed by atoms with van der Waals surface area (Å²) >= 11 is 0. The van der Waals surface area contributed by atoms with Crippen LogP contribution in [0.25, 0.3) is 0 Å². The van der Waals surface area contributed by atoms with Crippen LogP contribution in [-0.2, 0) is 0 Å². The van der Waals surface area contributed by atoms with Crippen LogP contribution in [-0.4, -0.2) is 13.1 Å². The first-order chi connectivity index (χ1) is 5.93. The van der Waals surface area contributed by atoms with Gasteiger partial charge in [-0.3, -0.25) is 0 Å². The van der Waals surface area contributed by atoms with Gasteiger partial charge in [-0.25, -0.2) is 0 Å². The van der Waals surface area contributed by atoms with Crippen molar-refractivity contribution < 1.29 is 0 Å². The molecule has 1 heteroatoms. The van der Waals surface area contributed by atoms with Crippen molar-refractivity contribution in [3.05, 3.63) is 36.0 Å². The maximum Gasteiger partial charge on any atom is 0.0170 e. The van der Waals surface area contributed by atoms with Crippen molar-refractivity contribution in [3.63, 3.8) is 0 Å². The monoisotopic (exact) mass is 163 g/mol. The van der Waals surface area contributed by atoms with Crippen LogP contribution in [0.2, 0.25) is 0 Å². The zero-order valence-corrected chi connectivity index (χ0v) is 7.72. The molecule has 0 saturated carbocycles. The summed E-state index contributed by atoms with van der Waals surface area (Å²) in [4.78, 5) is 0. The van der Waals surface area contributed by atoms with Crippen LogP contribution < -0.4 is 5.32 Å².